The number of hydrogen-bond donors (Lipinski definition) is 0. The van der Waals surface area contributed by atoms with E-state index in [0.717, 1.165) is 0 Å². The van der Waals surface area contributed by atoms with Crippen LogP contribution in [0, 0.1) is 0 Å². The Morgan fingerprint density at radius 1 is 0.297 bits per heavy atom. The molecule has 0 aliphatic heterocycles. The molecule has 0 aromatic rings. The summed E-state index contributed by atoms with van der Waals surface area (Å²) in [6, 6.07) is 0. The SMILES string of the molecule is CN(C)P(=N[PH](N=P(N(C)C)(N(C)C)N(C)C)(N=P(N(C)C)(N(C)C)N(C)C)N(C)C)(N(C)C)N(C)C. The molecule has 0 heterocycles. The van der Waals surface area contributed by atoms with E-state index in [4.69, 9.17) is 13.5 Å². The van der Waals surface area contributed by atoms with E-state index < -0.39 is 30.4 Å². The second kappa shape index (κ2) is 14.1. The molecule has 0 N–H and O–H groups in total. The van der Waals surface area contributed by atoms with Crippen molar-refractivity contribution in [3.63, 3.8) is 0 Å². The zero-order chi connectivity index (χ0) is 29.9. The molecule has 226 valence electrons. The van der Waals surface area contributed by atoms with Crippen LogP contribution in [0.15, 0.2) is 13.5 Å². The van der Waals surface area contributed by atoms with Crippen LogP contribution in [-0.2, 0) is 0 Å². The molecule has 0 saturated carbocycles. The molecule has 0 rings (SSSR count). The number of rotatable bonds is 13. The molecule has 0 unspecified atom stereocenters. The molecule has 0 aromatic carbocycles. The summed E-state index contributed by atoms with van der Waals surface area (Å²) in [4.78, 5) is 0. The zero-order valence-electron chi connectivity index (χ0n) is 27.7. The zero-order valence-corrected chi connectivity index (χ0v) is 31.3. The van der Waals surface area contributed by atoms with Crippen LogP contribution >= 0.6 is 30.4 Å². The van der Waals surface area contributed by atoms with E-state index >= 15 is 0 Å². The van der Waals surface area contributed by atoms with Gasteiger partial charge < -0.3 is 0 Å². The first kappa shape index (κ1) is 37.7. The third kappa shape index (κ3) is 7.14. The van der Waals surface area contributed by atoms with Gasteiger partial charge in [0, 0.05) is 0 Å². The molecule has 0 bridgehead atoms. The quantitative estimate of drug-likeness (QED) is 0.289. The van der Waals surface area contributed by atoms with Gasteiger partial charge in [-0.1, -0.05) is 0 Å². The van der Waals surface area contributed by atoms with E-state index in [1.165, 1.54) is 0 Å². The third-order valence-corrected chi connectivity index (χ3v) is 23.5. The van der Waals surface area contributed by atoms with Crippen molar-refractivity contribution >= 4 is 30.4 Å². The van der Waals surface area contributed by atoms with Crippen molar-refractivity contribution in [2.24, 2.45) is 13.5 Å². The Labute approximate surface area is 231 Å². The average Bonchev–Trinajstić information content (AvgIpc) is 2.70. The molecule has 0 fully saturated rings. The summed E-state index contributed by atoms with van der Waals surface area (Å²) in [7, 11) is 31.8. The summed E-state index contributed by atoms with van der Waals surface area (Å²) >= 11 is 0. The Morgan fingerprint density at radius 2 is 0.432 bits per heavy atom. The minimum absolute atomic E-state index is 2.10. The van der Waals surface area contributed by atoms with Crippen molar-refractivity contribution in [2.75, 3.05) is 141 Å². The van der Waals surface area contributed by atoms with E-state index in [-0.39, 0.29) is 0 Å². The molecule has 0 spiro atoms. The van der Waals surface area contributed by atoms with Gasteiger partial charge in [0.05, 0.1) is 0 Å². The van der Waals surface area contributed by atoms with Crippen LogP contribution in [0.3, 0.4) is 0 Å². The van der Waals surface area contributed by atoms with Crippen LogP contribution in [-0.4, -0.2) is 188 Å². The number of nitrogens with zero attached hydrogens (tertiary/aromatic N) is 13. The van der Waals surface area contributed by atoms with Crippen LogP contribution < -0.4 is 0 Å². The molecular weight excluding hydrogens is 546 g/mol. The predicted octanol–water partition coefficient (Wildman–Crippen LogP) is 3.85. The first-order valence-electron chi connectivity index (χ1n) is 12.2. The molecular formula is C20H61N13P4. The topological polar surface area (TPSA) is 69.5 Å². The summed E-state index contributed by atoms with van der Waals surface area (Å²) in [5.74, 6) is 0. The summed E-state index contributed by atoms with van der Waals surface area (Å²) in [6.45, 7) is 0. The fourth-order valence-electron chi connectivity index (χ4n) is 4.89. The first-order chi connectivity index (χ1) is 16.6. The van der Waals surface area contributed by atoms with Crippen molar-refractivity contribution in [3.05, 3.63) is 0 Å². The second-order valence-corrected chi connectivity index (χ2v) is 25.9. The summed E-state index contributed by atoms with van der Waals surface area (Å²) < 4.78 is 40.3. The van der Waals surface area contributed by atoms with Crippen LogP contribution in [0.1, 0.15) is 0 Å². The molecule has 37 heavy (non-hydrogen) atoms. The first-order valence-corrected chi connectivity index (χ1v) is 18.8. The molecule has 0 aliphatic carbocycles. The maximum atomic E-state index is 5.92. The Kier molecular flexibility index (Phi) is 14.3. The predicted molar refractivity (Wildman–Crippen MR) is 173 cm³/mol. The minimum atomic E-state index is -3.36. The molecule has 0 saturated heterocycles. The molecule has 13 nitrogen and oxygen atoms in total. The van der Waals surface area contributed by atoms with Gasteiger partial charge in [0.2, 0.25) is 0 Å². The van der Waals surface area contributed by atoms with Crippen LogP contribution in [0.5, 0.6) is 0 Å². The van der Waals surface area contributed by atoms with Gasteiger partial charge in [-0.05, 0) is 0 Å². The Balaban J connectivity index is 8.98. The van der Waals surface area contributed by atoms with Crippen molar-refractivity contribution in [3.8, 4) is 0 Å². The Bertz CT molecular complexity index is 700. The summed E-state index contributed by atoms with van der Waals surface area (Å²) in [6.07, 6.45) is 0. The number of hydrogen-bond acceptors (Lipinski definition) is 4. The summed E-state index contributed by atoms with van der Waals surface area (Å²) in [5.41, 5.74) is 0. The van der Waals surface area contributed by atoms with Crippen LogP contribution in [0.2, 0.25) is 0 Å². The summed E-state index contributed by atoms with van der Waals surface area (Å²) in [5, 5.41) is 0. The molecule has 0 amide bonds. The Morgan fingerprint density at radius 3 is 0.514 bits per heavy atom. The van der Waals surface area contributed by atoms with E-state index in [9.17, 15) is 0 Å². The molecule has 17 heteroatoms. The monoisotopic (exact) mass is 607 g/mol. The van der Waals surface area contributed by atoms with Gasteiger partial charge in [-0.15, -0.1) is 0 Å². The third-order valence-electron chi connectivity index (χ3n) is 6.23. The van der Waals surface area contributed by atoms with Crippen molar-refractivity contribution in [1.82, 2.24) is 46.7 Å². The van der Waals surface area contributed by atoms with Gasteiger partial charge >= 0.3 is 232 Å². The van der Waals surface area contributed by atoms with E-state index in [1.54, 1.807) is 0 Å². The van der Waals surface area contributed by atoms with E-state index in [0.29, 0.717) is 0 Å². The van der Waals surface area contributed by atoms with E-state index in [1.807, 2.05) is 0 Å². The van der Waals surface area contributed by atoms with Gasteiger partial charge in [-0.3, -0.25) is 0 Å². The normalized spacial score (nSPS) is 15.2. The van der Waals surface area contributed by atoms with E-state index in [2.05, 4.69) is 188 Å². The van der Waals surface area contributed by atoms with Gasteiger partial charge in [0.25, 0.3) is 0 Å². The maximum absolute atomic E-state index is 5.92. The second-order valence-electron chi connectivity index (χ2n) is 11.0. The fraction of sp³-hybridized carbons (Fsp3) is 1.00. The molecule has 0 atom stereocenters. The van der Waals surface area contributed by atoms with Crippen LogP contribution in [0.25, 0.3) is 0 Å². The van der Waals surface area contributed by atoms with Gasteiger partial charge in [0.15, 0.2) is 0 Å². The van der Waals surface area contributed by atoms with Crippen molar-refractivity contribution in [2.45, 2.75) is 0 Å². The standard InChI is InChI=1S/C20H61N13P4/c1-24(2)34(21-35(25(3)4,26(5)6)27(7)8,22-36(28(9)10,29(11)12)30(13)14)23-37(31(15)16,32(17)18)33(19)20/h34H,1-20H3. The molecule has 0 radical (unpaired) electrons. The van der Waals surface area contributed by atoms with Gasteiger partial charge in [-0.2, -0.15) is 0 Å². The molecule has 0 aliphatic rings. The van der Waals surface area contributed by atoms with Crippen molar-refractivity contribution in [1.29, 1.82) is 0 Å². The Hall–Kier alpha value is 0.720. The average molecular weight is 608 g/mol. The molecule has 0 aromatic heterocycles. The van der Waals surface area contributed by atoms with Gasteiger partial charge in [0.1, 0.15) is 0 Å². The van der Waals surface area contributed by atoms with Gasteiger partial charge in [-0.25, -0.2) is 0 Å². The fourth-order valence-corrected chi connectivity index (χ4v) is 25.8. The van der Waals surface area contributed by atoms with Crippen molar-refractivity contribution < 1.29 is 0 Å². The van der Waals surface area contributed by atoms with Crippen LogP contribution in [0.4, 0.5) is 0 Å².